The number of thiocarbonyl (C=S) groups is 1. The Labute approximate surface area is 142 Å². The van der Waals surface area contributed by atoms with E-state index in [-0.39, 0.29) is 15.0 Å². The first-order valence-electron chi connectivity index (χ1n) is 7.02. The molecule has 1 aliphatic rings. The SMILES string of the molecule is CN(C)C(=S)/N=C1/[Se]C(c2ccccc2)N1c1ccccc1. The molecule has 1 heterocycles. The van der Waals surface area contributed by atoms with Gasteiger partial charge < -0.3 is 0 Å². The van der Waals surface area contributed by atoms with Crippen molar-refractivity contribution in [2.75, 3.05) is 19.0 Å². The van der Waals surface area contributed by atoms with Crippen LogP contribution < -0.4 is 4.90 Å². The van der Waals surface area contributed by atoms with E-state index in [1.165, 1.54) is 11.3 Å². The predicted molar refractivity (Wildman–Crippen MR) is 97.6 cm³/mol. The molecule has 0 radical (unpaired) electrons. The summed E-state index contributed by atoms with van der Waals surface area (Å²) in [6, 6.07) is 21.0. The molecule has 5 heteroatoms. The van der Waals surface area contributed by atoms with Crippen molar-refractivity contribution < 1.29 is 0 Å². The van der Waals surface area contributed by atoms with E-state index >= 15 is 0 Å². The summed E-state index contributed by atoms with van der Waals surface area (Å²) in [5.74, 6) is 0. The van der Waals surface area contributed by atoms with E-state index in [1.807, 2.05) is 25.1 Å². The topological polar surface area (TPSA) is 18.8 Å². The van der Waals surface area contributed by atoms with Crippen molar-refractivity contribution in [1.29, 1.82) is 0 Å². The van der Waals surface area contributed by atoms with E-state index in [0.717, 1.165) is 4.73 Å². The average Bonchev–Trinajstić information content (AvgIpc) is 2.52. The van der Waals surface area contributed by atoms with Gasteiger partial charge in [-0.1, -0.05) is 0 Å². The molecule has 112 valence electrons. The second-order valence-electron chi connectivity index (χ2n) is 5.16. The molecule has 1 atom stereocenters. The average molecular weight is 374 g/mol. The standard InChI is InChI=1S/C17H17N3SSe/c1-19(2)16(21)18-17-20(14-11-7-4-8-12-14)15(22-17)13-9-5-3-6-10-13/h3-12,15H,1-2H3/b18-17+. The Hall–Kier alpha value is -1.68. The van der Waals surface area contributed by atoms with E-state index in [2.05, 4.69) is 64.5 Å². The van der Waals surface area contributed by atoms with Gasteiger partial charge in [0, 0.05) is 0 Å². The molecule has 0 saturated carbocycles. The van der Waals surface area contributed by atoms with Crippen LogP contribution in [0.3, 0.4) is 0 Å². The molecule has 0 N–H and O–H groups in total. The monoisotopic (exact) mass is 375 g/mol. The summed E-state index contributed by atoms with van der Waals surface area (Å²) in [6.07, 6.45) is 0. The Balaban J connectivity index is 1.93. The maximum absolute atomic E-state index is 5.33. The third kappa shape index (κ3) is 3.07. The zero-order valence-corrected chi connectivity index (χ0v) is 15.0. The number of para-hydroxylation sites is 1. The summed E-state index contributed by atoms with van der Waals surface area (Å²) in [5.41, 5.74) is 2.51. The second-order valence-corrected chi connectivity index (χ2v) is 7.72. The molecule has 0 aliphatic carbocycles. The number of anilines is 1. The number of nitrogens with zero attached hydrogens (tertiary/aromatic N) is 3. The van der Waals surface area contributed by atoms with Gasteiger partial charge in [0.2, 0.25) is 0 Å². The molecule has 2 aromatic rings. The Bertz CT molecular complexity index is 686. The summed E-state index contributed by atoms with van der Waals surface area (Å²) in [6.45, 7) is 0. The number of rotatable bonds is 2. The quantitative estimate of drug-likeness (QED) is 0.595. The summed E-state index contributed by atoms with van der Waals surface area (Å²) < 4.78 is 1.09. The summed E-state index contributed by atoms with van der Waals surface area (Å²) in [7, 11) is 3.86. The minimum atomic E-state index is 0.289. The fraction of sp³-hybridized carbons (Fsp3) is 0.176. The van der Waals surface area contributed by atoms with Gasteiger partial charge in [0.25, 0.3) is 0 Å². The van der Waals surface area contributed by atoms with Gasteiger partial charge in [-0.25, -0.2) is 0 Å². The molecule has 0 aromatic heterocycles. The van der Waals surface area contributed by atoms with Gasteiger partial charge in [-0.15, -0.1) is 0 Å². The van der Waals surface area contributed by atoms with Gasteiger partial charge in [-0.05, 0) is 0 Å². The molecule has 22 heavy (non-hydrogen) atoms. The zero-order chi connectivity index (χ0) is 15.5. The van der Waals surface area contributed by atoms with Gasteiger partial charge in [0.15, 0.2) is 0 Å². The van der Waals surface area contributed by atoms with Crippen LogP contribution in [0.4, 0.5) is 5.69 Å². The van der Waals surface area contributed by atoms with Gasteiger partial charge >= 0.3 is 143 Å². The Morgan fingerprint density at radius 1 is 1.05 bits per heavy atom. The number of hydrogen-bond acceptors (Lipinski definition) is 1. The number of amidine groups is 1. The van der Waals surface area contributed by atoms with Crippen molar-refractivity contribution in [2.24, 2.45) is 4.99 Å². The van der Waals surface area contributed by atoms with Crippen molar-refractivity contribution in [1.82, 2.24) is 4.90 Å². The van der Waals surface area contributed by atoms with E-state index in [1.54, 1.807) is 0 Å². The molecular weight excluding hydrogens is 357 g/mol. The Kier molecular flexibility index (Phi) is 4.57. The summed E-state index contributed by atoms with van der Waals surface area (Å²) in [5, 5.41) is 0.629. The third-order valence-corrected chi connectivity index (χ3v) is 6.34. The number of hydrogen-bond donors (Lipinski definition) is 0. The molecule has 2 aromatic carbocycles. The zero-order valence-electron chi connectivity index (χ0n) is 12.5. The molecule has 3 rings (SSSR count). The van der Waals surface area contributed by atoms with Crippen LogP contribution in [-0.2, 0) is 0 Å². The fourth-order valence-electron chi connectivity index (χ4n) is 2.19. The van der Waals surface area contributed by atoms with Crippen molar-refractivity contribution in [3.63, 3.8) is 0 Å². The summed E-state index contributed by atoms with van der Waals surface area (Å²) >= 11 is 5.62. The molecule has 1 aliphatic heterocycles. The van der Waals surface area contributed by atoms with Crippen molar-refractivity contribution in [3.05, 3.63) is 66.2 Å². The first-order chi connectivity index (χ1) is 10.7. The molecule has 1 unspecified atom stereocenters. The van der Waals surface area contributed by atoms with Gasteiger partial charge in [0.05, 0.1) is 0 Å². The van der Waals surface area contributed by atoms with Crippen LogP contribution in [-0.4, -0.2) is 43.8 Å². The minimum absolute atomic E-state index is 0.289. The van der Waals surface area contributed by atoms with Crippen LogP contribution in [0.1, 0.15) is 10.5 Å². The molecule has 0 spiro atoms. The van der Waals surface area contributed by atoms with Crippen LogP contribution in [0.15, 0.2) is 65.7 Å². The normalized spacial score (nSPS) is 18.9. The first kappa shape index (κ1) is 15.2. The summed E-state index contributed by atoms with van der Waals surface area (Å²) in [4.78, 5) is 9.20. The molecule has 1 saturated heterocycles. The molecule has 0 amide bonds. The van der Waals surface area contributed by atoms with Gasteiger partial charge in [0.1, 0.15) is 0 Å². The fourth-order valence-corrected chi connectivity index (χ4v) is 4.76. The van der Waals surface area contributed by atoms with E-state index < -0.39 is 0 Å². The second kappa shape index (κ2) is 6.61. The van der Waals surface area contributed by atoms with Crippen molar-refractivity contribution >= 4 is 42.7 Å². The third-order valence-electron chi connectivity index (χ3n) is 3.35. The first-order valence-corrected chi connectivity index (χ1v) is 9.28. The van der Waals surface area contributed by atoms with E-state index in [4.69, 9.17) is 12.2 Å². The van der Waals surface area contributed by atoms with Crippen LogP contribution in [0.2, 0.25) is 0 Å². The maximum atomic E-state index is 5.33. The molecule has 3 nitrogen and oxygen atoms in total. The van der Waals surface area contributed by atoms with Gasteiger partial charge in [-0.2, -0.15) is 0 Å². The van der Waals surface area contributed by atoms with Crippen LogP contribution in [0.25, 0.3) is 0 Å². The van der Waals surface area contributed by atoms with E-state index in [9.17, 15) is 0 Å². The molecule has 0 bridgehead atoms. The molecule has 1 fully saturated rings. The van der Waals surface area contributed by atoms with Crippen LogP contribution in [0, 0.1) is 0 Å². The predicted octanol–water partition coefficient (Wildman–Crippen LogP) is 3.11. The van der Waals surface area contributed by atoms with Crippen LogP contribution >= 0.6 is 12.2 Å². The Morgan fingerprint density at radius 2 is 1.64 bits per heavy atom. The van der Waals surface area contributed by atoms with Crippen LogP contribution in [0.5, 0.6) is 0 Å². The Morgan fingerprint density at radius 3 is 2.23 bits per heavy atom. The van der Waals surface area contributed by atoms with Crippen molar-refractivity contribution in [2.45, 2.75) is 4.94 Å². The van der Waals surface area contributed by atoms with Crippen molar-refractivity contribution in [3.8, 4) is 0 Å². The molecular formula is C17H17N3SSe. The van der Waals surface area contributed by atoms with Gasteiger partial charge in [-0.3, -0.25) is 0 Å². The number of aliphatic imine (C=N–C) groups is 1. The number of benzene rings is 2. The van der Waals surface area contributed by atoms with E-state index in [0.29, 0.717) is 10.1 Å².